The number of esters is 1. The Hall–Kier alpha value is -2.33. The topological polar surface area (TPSA) is 63.0 Å². The molecule has 0 fully saturated rings. The predicted molar refractivity (Wildman–Crippen MR) is 47.8 cm³/mol. The highest BCUT2D eigenvalue weighted by atomic mass is 16.5. The van der Waals surface area contributed by atoms with Gasteiger partial charge in [0.1, 0.15) is 6.07 Å². The van der Waals surface area contributed by atoms with Crippen molar-refractivity contribution in [2.75, 3.05) is 7.11 Å². The maximum absolute atomic E-state index is 10.7. The summed E-state index contributed by atoms with van der Waals surface area (Å²) in [5, 5.41) is 8.68. The Kier molecular flexibility index (Phi) is 3.23. The van der Waals surface area contributed by atoms with E-state index in [0.717, 1.165) is 0 Å². The zero-order valence-electron chi connectivity index (χ0n) is 7.44. The Morgan fingerprint density at radius 3 is 3.00 bits per heavy atom. The molecule has 1 aromatic heterocycles. The third-order valence-electron chi connectivity index (χ3n) is 1.43. The molecule has 0 spiro atoms. The fraction of sp³-hybridized carbons (Fsp3) is 0.100. The van der Waals surface area contributed by atoms with Gasteiger partial charge >= 0.3 is 5.97 Å². The molecule has 0 saturated heterocycles. The Morgan fingerprint density at radius 1 is 1.57 bits per heavy atom. The lowest BCUT2D eigenvalue weighted by Gasteiger charge is -1.91. The lowest BCUT2D eigenvalue weighted by atomic mass is 10.1. The first kappa shape index (κ1) is 9.76. The molecule has 14 heavy (non-hydrogen) atoms. The van der Waals surface area contributed by atoms with Crippen LogP contribution in [-0.2, 0) is 9.53 Å². The molecule has 0 radical (unpaired) electrons. The molecule has 1 aromatic rings. The molecule has 0 saturated carbocycles. The van der Waals surface area contributed by atoms with Gasteiger partial charge in [0, 0.05) is 18.3 Å². The van der Waals surface area contributed by atoms with Gasteiger partial charge in [0.15, 0.2) is 0 Å². The molecule has 68 valence electrons. The Morgan fingerprint density at radius 2 is 2.36 bits per heavy atom. The van der Waals surface area contributed by atoms with E-state index >= 15 is 0 Å². The quantitative estimate of drug-likeness (QED) is 0.436. The molecule has 0 atom stereocenters. The molecule has 0 aromatic carbocycles. The molecule has 0 amide bonds. The number of nitrogens with zero attached hydrogens (tertiary/aromatic N) is 2. The van der Waals surface area contributed by atoms with Crippen LogP contribution in [0, 0.1) is 23.2 Å². The van der Waals surface area contributed by atoms with E-state index in [-0.39, 0.29) is 0 Å². The van der Waals surface area contributed by atoms with E-state index < -0.39 is 5.97 Å². The van der Waals surface area contributed by atoms with E-state index in [1.54, 1.807) is 0 Å². The number of pyridine rings is 1. The second-order valence-electron chi connectivity index (χ2n) is 2.27. The SMILES string of the molecule is COC(=O)C#Cc1cnccc1C#N. The van der Waals surface area contributed by atoms with Gasteiger partial charge < -0.3 is 4.74 Å². The summed E-state index contributed by atoms with van der Waals surface area (Å²) in [6.07, 6.45) is 2.91. The van der Waals surface area contributed by atoms with Crippen LogP contribution in [0.15, 0.2) is 18.5 Å². The number of carbonyl (C=O) groups is 1. The van der Waals surface area contributed by atoms with E-state index in [2.05, 4.69) is 21.6 Å². The van der Waals surface area contributed by atoms with Gasteiger partial charge in [-0.1, -0.05) is 5.92 Å². The summed E-state index contributed by atoms with van der Waals surface area (Å²) in [5.41, 5.74) is 0.803. The largest absolute Gasteiger partial charge is 0.459 e. The van der Waals surface area contributed by atoms with E-state index in [4.69, 9.17) is 5.26 Å². The number of ether oxygens (including phenoxy) is 1. The molecule has 0 N–H and O–H groups in total. The van der Waals surface area contributed by atoms with Crippen molar-refractivity contribution in [1.82, 2.24) is 4.98 Å². The Labute approximate surface area is 81.1 Å². The van der Waals surface area contributed by atoms with Crippen LogP contribution in [-0.4, -0.2) is 18.1 Å². The lowest BCUT2D eigenvalue weighted by molar-refractivity contribution is -0.133. The van der Waals surface area contributed by atoms with Gasteiger partial charge in [-0.25, -0.2) is 4.79 Å². The molecule has 1 rings (SSSR count). The van der Waals surface area contributed by atoms with Gasteiger partial charge in [0.25, 0.3) is 0 Å². The highest BCUT2D eigenvalue weighted by molar-refractivity contribution is 5.89. The number of nitriles is 1. The maximum atomic E-state index is 10.7. The molecule has 4 nitrogen and oxygen atoms in total. The Balaban J connectivity index is 3.01. The third-order valence-corrected chi connectivity index (χ3v) is 1.43. The fourth-order valence-electron chi connectivity index (χ4n) is 0.761. The predicted octanol–water partition coefficient (Wildman–Crippen LogP) is 0.478. The average molecular weight is 186 g/mol. The van der Waals surface area contributed by atoms with Crippen LogP contribution >= 0.6 is 0 Å². The number of methoxy groups -OCH3 is 1. The first-order chi connectivity index (χ1) is 6.77. The van der Waals surface area contributed by atoms with Crippen LogP contribution in [0.3, 0.4) is 0 Å². The number of carbonyl (C=O) groups excluding carboxylic acids is 1. The molecule has 0 aliphatic rings. The maximum Gasteiger partial charge on any atom is 0.384 e. The zero-order chi connectivity index (χ0) is 10.4. The molecular weight excluding hydrogens is 180 g/mol. The Bertz CT molecular complexity index is 449. The second-order valence-corrected chi connectivity index (χ2v) is 2.27. The minimum atomic E-state index is -0.641. The highest BCUT2D eigenvalue weighted by Crippen LogP contribution is 2.02. The van der Waals surface area contributed by atoms with Crippen LogP contribution in [0.4, 0.5) is 0 Å². The average Bonchev–Trinajstić information content (AvgIpc) is 2.26. The van der Waals surface area contributed by atoms with Crippen LogP contribution in [0.1, 0.15) is 11.1 Å². The third kappa shape index (κ3) is 2.33. The second kappa shape index (κ2) is 4.64. The van der Waals surface area contributed by atoms with Crippen molar-refractivity contribution < 1.29 is 9.53 Å². The van der Waals surface area contributed by atoms with Crippen molar-refractivity contribution >= 4 is 5.97 Å². The standard InChI is InChI=1S/C10H6N2O2/c1-14-10(13)3-2-9-7-12-5-4-8(9)6-11/h4-5,7H,1H3. The first-order valence-corrected chi connectivity index (χ1v) is 3.72. The van der Waals surface area contributed by atoms with Gasteiger partial charge in [-0.2, -0.15) is 5.26 Å². The highest BCUT2D eigenvalue weighted by Gasteiger charge is 1.97. The normalized spacial score (nSPS) is 8.00. The minimum Gasteiger partial charge on any atom is -0.459 e. The van der Waals surface area contributed by atoms with E-state index in [1.165, 1.54) is 25.6 Å². The van der Waals surface area contributed by atoms with Crippen molar-refractivity contribution in [3.8, 4) is 17.9 Å². The summed E-state index contributed by atoms with van der Waals surface area (Å²) in [7, 11) is 1.24. The number of hydrogen-bond donors (Lipinski definition) is 0. The van der Waals surface area contributed by atoms with E-state index in [1.807, 2.05) is 6.07 Å². The van der Waals surface area contributed by atoms with Gasteiger partial charge in [-0.3, -0.25) is 4.98 Å². The number of aromatic nitrogens is 1. The molecule has 0 unspecified atom stereocenters. The summed E-state index contributed by atoms with van der Waals surface area (Å²) in [6, 6.07) is 3.47. The van der Waals surface area contributed by atoms with Gasteiger partial charge in [0.05, 0.1) is 18.2 Å². The molecule has 1 heterocycles. The van der Waals surface area contributed by atoms with Crippen molar-refractivity contribution in [2.24, 2.45) is 0 Å². The van der Waals surface area contributed by atoms with Crippen LogP contribution in [0.2, 0.25) is 0 Å². The van der Waals surface area contributed by atoms with Crippen LogP contribution < -0.4 is 0 Å². The molecule has 0 aliphatic heterocycles. The summed E-state index contributed by atoms with van der Waals surface area (Å²) in [4.78, 5) is 14.5. The molecule has 4 heteroatoms. The van der Waals surface area contributed by atoms with Crippen molar-refractivity contribution in [3.63, 3.8) is 0 Å². The smallest absolute Gasteiger partial charge is 0.384 e. The number of rotatable bonds is 0. The zero-order valence-corrected chi connectivity index (χ0v) is 7.44. The first-order valence-electron chi connectivity index (χ1n) is 3.72. The fourth-order valence-corrected chi connectivity index (χ4v) is 0.761. The molecule has 0 aliphatic carbocycles. The van der Waals surface area contributed by atoms with E-state index in [0.29, 0.717) is 11.1 Å². The summed E-state index contributed by atoms with van der Waals surface area (Å²) < 4.78 is 4.33. The summed E-state index contributed by atoms with van der Waals surface area (Å²) in [5.74, 6) is 4.09. The minimum absolute atomic E-state index is 0.386. The summed E-state index contributed by atoms with van der Waals surface area (Å²) >= 11 is 0. The van der Waals surface area contributed by atoms with Gasteiger partial charge in [-0.15, -0.1) is 0 Å². The van der Waals surface area contributed by atoms with Crippen LogP contribution in [0.25, 0.3) is 0 Å². The summed E-state index contributed by atoms with van der Waals surface area (Å²) in [6.45, 7) is 0. The van der Waals surface area contributed by atoms with Crippen molar-refractivity contribution in [3.05, 3.63) is 29.6 Å². The number of hydrogen-bond acceptors (Lipinski definition) is 4. The van der Waals surface area contributed by atoms with E-state index in [9.17, 15) is 4.79 Å². The lowest BCUT2D eigenvalue weighted by Crippen LogP contribution is -1.95. The monoisotopic (exact) mass is 186 g/mol. The molecule has 0 bridgehead atoms. The van der Waals surface area contributed by atoms with Crippen molar-refractivity contribution in [1.29, 1.82) is 5.26 Å². The van der Waals surface area contributed by atoms with Crippen LogP contribution in [0.5, 0.6) is 0 Å². The molecular formula is C10H6N2O2. The van der Waals surface area contributed by atoms with Gasteiger partial charge in [0.2, 0.25) is 0 Å². The van der Waals surface area contributed by atoms with Gasteiger partial charge in [-0.05, 0) is 6.07 Å². The van der Waals surface area contributed by atoms with Crippen molar-refractivity contribution in [2.45, 2.75) is 0 Å².